The van der Waals surface area contributed by atoms with Gasteiger partial charge in [0.1, 0.15) is 43.2 Å². The standard InChI is InChI=1S/C16H30N2O14/c1-5-11(30-13(25)10(24)9(23)7(22)3-19)12(31-16(28,4-20)15(26)27)8(18-6(2)21)14(29-5)32-17/h5,7-14,19-20,22-25,28H,3-4,17H2,1-2H3,(H,18,21)(H,26,27)/t5-,7?,8?,9+,10?,11?,12?,13-,14-,16?/m0/s1. The summed E-state index contributed by atoms with van der Waals surface area (Å²) in [7, 11) is 0. The van der Waals surface area contributed by atoms with Crippen LogP contribution in [-0.4, -0.2) is 127 Å². The van der Waals surface area contributed by atoms with Crippen molar-refractivity contribution in [3.05, 3.63) is 0 Å². The molecule has 0 aromatic heterocycles. The number of ether oxygens (including phenoxy) is 3. The third-order valence-corrected chi connectivity index (χ3v) is 4.69. The lowest BCUT2D eigenvalue weighted by Crippen LogP contribution is -2.68. The molecule has 1 fully saturated rings. The van der Waals surface area contributed by atoms with Gasteiger partial charge in [0.2, 0.25) is 5.91 Å². The van der Waals surface area contributed by atoms with Gasteiger partial charge >= 0.3 is 5.97 Å². The highest BCUT2D eigenvalue weighted by molar-refractivity contribution is 5.75. The summed E-state index contributed by atoms with van der Waals surface area (Å²) in [6, 6.07) is -1.46. The summed E-state index contributed by atoms with van der Waals surface area (Å²) in [6.45, 7) is -0.0106. The van der Waals surface area contributed by atoms with Crippen LogP contribution in [0, 0.1) is 0 Å². The number of hydrogen-bond acceptors (Lipinski definition) is 14. The highest BCUT2D eigenvalue weighted by Crippen LogP contribution is 2.30. The van der Waals surface area contributed by atoms with E-state index in [-0.39, 0.29) is 0 Å². The number of rotatable bonds is 12. The van der Waals surface area contributed by atoms with E-state index in [0.29, 0.717) is 0 Å². The Morgan fingerprint density at radius 1 is 1.16 bits per heavy atom. The molecule has 188 valence electrons. The van der Waals surface area contributed by atoms with Crippen LogP contribution < -0.4 is 11.2 Å². The van der Waals surface area contributed by atoms with Crippen molar-refractivity contribution in [2.45, 2.75) is 74.9 Å². The fourth-order valence-electron chi connectivity index (χ4n) is 2.96. The number of carboxylic acid groups (broad SMARTS) is 1. The summed E-state index contributed by atoms with van der Waals surface area (Å²) in [5.41, 5.74) is 0. The smallest absolute Gasteiger partial charge is 0.366 e. The molecule has 0 aromatic rings. The van der Waals surface area contributed by atoms with Gasteiger partial charge in [-0.25, -0.2) is 10.7 Å². The van der Waals surface area contributed by atoms with E-state index in [9.17, 15) is 45.3 Å². The minimum atomic E-state index is -3.20. The van der Waals surface area contributed by atoms with Crippen molar-refractivity contribution in [3.8, 4) is 0 Å². The third kappa shape index (κ3) is 6.73. The number of carbonyl (C=O) groups excluding carboxylic acids is 1. The first-order chi connectivity index (χ1) is 14.8. The van der Waals surface area contributed by atoms with E-state index in [1.165, 1.54) is 6.92 Å². The second-order valence-corrected chi connectivity index (χ2v) is 7.12. The molecule has 11 N–H and O–H groups in total. The quantitative estimate of drug-likeness (QED) is 0.0931. The van der Waals surface area contributed by atoms with Gasteiger partial charge in [0.15, 0.2) is 12.6 Å². The van der Waals surface area contributed by atoms with Crippen molar-refractivity contribution in [2.75, 3.05) is 13.2 Å². The maximum atomic E-state index is 11.6. The second-order valence-electron chi connectivity index (χ2n) is 7.12. The van der Waals surface area contributed by atoms with Gasteiger partial charge in [-0.3, -0.25) is 9.63 Å². The maximum Gasteiger partial charge on any atom is 0.366 e. The van der Waals surface area contributed by atoms with Gasteiger partial charge in [-0.1, -0.05) is 0 Å². The van der Waals surface area contributed by atoms with Crippen LogP contribution in [0.2, 0.25) is 0 Å². The normalized spacial score (nSPS) is 31.8. The minimum Gasteiger partial charge on any atom is -0.477 e. The average molecular weight is 474 g/mol. The lowest BCUT2D eigenvalue weighted by Gasteiger charge is -2.46. The van der Waals surface area contributed by atoms with Gasteiger partial charge in [0.05, 0.1) is 12.7 Å². The van der Waals surface area contributed by atoms with E-state index in [2.05, 4.69) is 10.2 Å². The third-order valence-electron chi connectivity index (χ3n) is 4.69. The molecule has 1 saturated heterocycles. The largest absolute Gasteiger partial charge is 0.477 e. The van der Waals surface area contributed by atoms with Crippen molar-refractivity contribution < 1.29 is 69.5 Å². The van der Waals surface area contributed by atoms with Crippen LogP contribution in [0.5, 0.6) is 0 Å². The van der Waals surface area contributed by atoms with Crippen LogP contribution in [0.3, 0.4) is 0 Å². The van der Waals surface area contributed by atoms with Crippen molar-refractivity contribution in [2.24, 2.45) is 5.90 Å². The molecule has 10 atom stereocenters. The van der Waals surface area contributed by atoms with Crippen molar-refractivity contribution >= 4 is 11.9 Å². The van der Waals surface area contributed by atoms with Gasteiger partial charge in [-0.05, 0) is 6.92 Å². The molecule has 0 saturated carbocycles. The number of nitrogens with two attached hydrogens (primary N) is 1. The van der Waals surface area contributed by atoms with Crippen molar-refractivity contribution in [1.82, 2.24) is 5.32 Å². The Morgan fingerprint density at radius 2 is 1.75 bits per heavy atom. The van der Waals surface area contributed by atoms with E-state index in [1.54, 1.807) is 0 Å². The Hall–Kier alpha value is -1.54. The first-order valence-electron chi connectivity index (χ1n) is 9.34. The van der Waals surface area contributed by atoms with Gasteiger partial charge < -0.3 is 60.4 Å². The minimum absolute atomic E-state index is 0.701. The van der Waals surface area contributed by atoms with Crippen LogP contribution in [0.1, 0.15) is 13.8 Å². The number of aliphatic carboxylic acids is 1. The van der Waals surface area contributed by atoms with Crippen LogP contribution in [-0.2, 0) is 28.6 Å². The van der Waals surface area contributed by atoms with Gasteiger partial charge in [0, 0.05) is 6.92 Å². The Labute approximate surface area is 181 Å². The maximum absolute atomic E-state index is 11.6. The first-order valence-corrected chi connectivity index (χ1v) is 9.34. The topological polar surface area (TPSA) is 271 Å². The Morgan fingerprint density at radius 3 is 2.19 bits per heavy atom. The molecule has 1 heterocycles. The number of hydrogen-bond donors (Lipinski definition) is 10. The van der Waals surface area contributed by atoms with E-state index in [1.807, 2.05) is 0 Å². The summed E-state index contributed by atoms with van der Waals surface area (Å²) in [6.07, 6.45) is -14.3. The highest BCUT2D eigenvalue weighted by atomic mass is 16.8. The Balaban J connectivity index is 3.30. The van der Waals surface area contributed by atoms with E-state index in [4.69, 9.17) is 25.2 Å². The Bertz CT molecular complexity index is 626. The summed E-state index contributed by atoms with van der Waals surface area (Å²) in [4.78, 5) is 27.7. The lowest BCUT2D eigenvalue weighted by molar-refractivity contribution is -0.342. The second kappa shape index (κ2) is 12.1. The monoisotopic (exact) mass is 474 g/mol. The highest BCUT2D eigenvalue weighted by Gasteiger charge is 2.53. The van der Waals surface area contributed by atoms with Gasteiger partial charge in [-0.15, -0.1) is 0 Å². The van der Waals surface area contributed by atoms with Gasteiger partial charge in [0.25, 0.3) is 5.79 Å². The zero-order chi connectivity index (χ0) is 24.8. The van der Waals surface area contributed by atoms with Crippen LogP contribution in [0.15, 0.2) is 0 Å². The number of nitrogens with one attached hydrogen (secondary N) is 1. The number of aliphatic hydroxyl groups is 7. The van der Waals surface area contributed by atoms with E-state index in [0.717, 1.165) is 6.92 Å². The summed E-state index contributed by atoms with van der Waals surface area (Å²) >= 11 is 0. The Kier molecular flexibility index (Phi) is 10.7. The fraction of sp³-hybridized carbons (Fsp3) is 0.875. The molecular formula is C16H30N2O14. The van der Waals surface area contributed by atoms with E-state index < -0.39 is 86.1 Å². The molecule has 0 radical (unpaired) electrons. The molecule has 0 aromatic carbocycles. The molecule has 0 bridgehead atoms. The average Bonchev–Trinajstić information content (AvgIpc) is 2.75. The number of aliphatic hydroxyl groups excluding tert-OH is 6. The zero-order valence-corrected chi connectivity index (χ0v) is 17.2. The van der Waals surface area contributed by atoms with Crippen LogP contribution in [0.4, 0.5) is 0 Å². The predicted octanol–water partition coefficient (Wildman–Crippen LogP) is -5.94. The lowest BCUT2D eigenvalue weighted by atomic mass is 9.96. The zero-order valence-electron chi connectivity index (χ0n) is 17.2. The predicted molar refractivity (Wildman–Crippen MR) is 97.7 cm³/mol. The van der Waals surface area contributed by atoms with Crippen molar-refractivity contribution in [1.29, 1.82) is 0 Å². The van der Waals surface area contributed by atoms with Gasteiger partial charge in [-0.2, -0.15) is 0 Å². The molecule has 6 unspecified atom stereocenters. The van der Waals surface area contributed by atoms with Crippen LogP contribution in [0.25, 0.3) is 0 Å². The van der Waals surface area contributed by atoms with E-state index >= 15 is 0 Å². The molecule has 1 rings (SSSR count). The fourth-order valence-corrected chi connectivity index (χ4v) is 2.96. The first kappa shape index (κ1) is 28.5. The SMILES string of the molecule is CC(=O)NC1C(OC(O)(CO)C(=O)O)C(O[C@H](O)C(O)[C@H](O)C(O)CO)[C@H](C)O[C@H]1ON. The molecule has 1 aliphatic rings. The molecule has 16 nitrogen and oxygen atoms in total. The molecule has 16 heteroatoms. The molecule has 0 spiro atoms. The number of carbonyl (C=O) groups is 2. The molecule has 0 aliphatic carbocycles. The summed E-state index contributed by atoms with van der Waals surface area (Å²) in [5.74, 6) is -0.750. The number of carboxylic acids is 1. The molecule has 1 aliphatic heterocycles. The summed E-state index contributed by atoms with van der Waals surface area (Å²) < 4.78 is 15.8. The number of amides is 1. The molecule has 1 amide bonds. The van der Waals surface area contributed by atoms with Crippen LogP contribution >= 0.6 is 0 Å². The molecular weight excluding hydrogens is 444 g/mol. The summed E-state index contributed by atoms with van der Waals surface area (Å²) in [5, 5.41) is 79.2. The molecule has 32 heavy (non-hydrogen) atoms. The van der Waals surface area contributed by atoms with Crippen molar-refractivity contribution in [3.63, 3.8) is 0 Å².